The number of carbonyl (C=O) groups is 1. The average molecular weight is 281 g/mol. The summed E-state index contributed by atoms with van der Waals surface area (Å²) in [7, 11) is 0. The molecular formula is C16H21F2NO. The second kappa shape index (κ2) is 6.44. The molecule has 1 heterocycles. The molecule has 4 heteroatoms. The molecule has 2 atom stereocenters. The summed E-state index contributed by atoms with van der Waals surface area (Å²) >= 11 is 0. The van der Waals surface area contributed by atoms with Crippen molar-refractivity contribution in [1.29, 1.82) is 0 Å². The zero-order valence-corrected chi connectivity index (χ0v) is 12.0. The number of halogens is 2. The SMILES string of the molecule is CCC1CCCN(C(C)C(=O)c2ccc(F)c(F)c2)C1. The van der Waals surface area contributed by atoms with E-state index >= 15 is 0 Å². The smallest absolute Gasteiger partial charge is 0.179 e. The molecule has 1 fully saturated rings. The van der Waals surface area contributed by atoms with Gasteiger partial charge in [-0.25, -0.2) is 8.78 Å². The quantitative estimate of drug-likeness (QED) is 0.785. The third-order valence-corrected chi connectivity index (χ3v) is 4.26. The predicted octanol–water partition coefficient (Wildman–Crippen LogP) is 3.66. The fourth-order valence-electron chi connectivity index (χ4n) is 2.84. The number of likely N-dealkylation sites (tertiary alicyclic amines) is 1. The first-order valence-corrected chi connectivity index (χ1v) is 7.26. The minimum atomic E-state index is -0.965. The Morgan fingerprint density at radius 3 is 2.80 bits per heavy atom. The third kappa shape index (κ3) is 3.23. The van der Waals surface area contributed by atoms with Crippen LogP contribution in [0.1, 0.15) is 43.5 Å². The lowest BCUT2D eigenvalue weighted by atomic mass is 9.93. The van der Waals surface area contributed by atoms with Crippen LogP contribution < -0.4 is 0 Å². The first-order valence-electron chi connectivity index (χ1n) is 7.26. The number of benzene rings is 1. The highest BCUT2D eigenvalue weighted by Crippen LogP contribution is 2.22. The molecule has 0 N–H and O–H groups in total. The van der Waals surface area contributed by atoms with Crippen LogP contribution in [0.4, 0.5) is 8.78 Å². The van der Waals surface area contributed by atoms with Crippen LogP contribution >= 0.6 is 0 Å². The second-order valence-electron chi connectivity index (χ2n) is 5.58. The van der Waals surface area contributed by atoms with Gasteiger partial charge in [-0.2, -0.15) is 0 Å². The highest BCUT2D eigenvalue weighted by molar-refractivity contribution is 5.99. The lowest BCUT2D eigenvalue weighted by molar-refractivity contribution is 0.0749. The van der Waals surface area contributed by atoms with Crippen LogP contribution in [-0.4, -0.2) is 29.8 Å². The first-order chi connectivity index (χ1) is 9.52. The van der Waals surface area contributed by atoms with Crippen LogP contribution in [0, 0.1) is 17.6 Å². The topological polar surface area (TPSA) is 20.3 Å². The molecule has 0 radical (unpaired) electrons. The lowest BCUT2D eigenvalue weighted by Crippen LogP contribution is -2.45. The van der Waals surface area contributed by atoms with E-state index in [2.05, 4.69) is 11.8 Å². The van der Waals surface area contributed by atoms with Gasteiger partial charge in [-0.05, 0) is 50.4 Å². The summed E-state index contributed by atoms with van der Waals surface area (Å²) in [5.74, 6) is -1.39. The summed E-state index contributed by atoms with van der Waals surface area (Å²) in [5, 5.41) is 0. The zero-order chi connectivity index (χ0) is 14.7. The second-order valence-corrected chi connectivity index (χ2v) is 5.58. The van der Waals surface area contributed by atoms with E-state index in [0.29, 0.717) is 5.92 Å². The maximum absolute atomic E-state index is 13.2. The fourth-order valence-corrected chi connectivity index (χ4v) is 2.84. The summed E-state index contributed by atoms with van der Waals surface area (Å²) in [6.45, 7) is 5.82. The van der Waals surface area contributed by atoms with Crippen molar-refractivity contribution in [2.45, 2.75) is 39.2 Å². The molecule has 1 aliphatic heterocycles. The van der Waals surface area contributed by atoms with Gasteiger partial charge in [-0.1, -0.05) is 13.3 Å². The Bertz CT molecular complexity index is 489. The summed E-state index contributed by atoms with van der Waals surface area (Å²) in [5.41, 5.74) is 0.245. The number of carbonyl (C=O) groups excluding carboxylic acids is 1. The highest BCUT2D eigenvalue weighted by Gasteiger charge is 2.27. The van der Waals surface area contributed by atoms with Crippen molar-refractivity contribution in [2.24, 2.45) is 5.92 Å². The summed E-state index contributed by atoms with van der Waals surface area (Å²) in [6.07, 6.45) is 3.41. The van der Waals surface area contributed by atoms with Gasteiger partial charge in [0.15, 0.2) is 17.4 Å². The van der Waals surface area contributed by atoms with Gasteiger partial charge in [0.2, 0.25) is 0 Å². The number of rotatable bonds is 4. The predicted molar refractivity (Wildman–Crippen MR) is 74.7 cm³/mol. The van der Waals surface area contributed by atoms with Gasteiger partial charge >= 0.3 is 0 Å². The summed E-state index contributed by atoms with van der Waals surface area (Å²) in [6, 6.07) is 3.09. The molecule has 110 valence electrons. The first kappa shape index (κ1) is 15.1. The van der Waals surface area contributed by atoms with E-state index in [4.69, 9.17) is 0 Å². The third-order valence-electron chi connectivity index (χ3n) is 4.26. The minimum absolute atomic E-state index is 0.138. The molecule has 20 heavy (non-hydrogen) atoms. The Balaban J connectivity index is 2.09. The average Bonchev–Trinajstić information content (AvgIpc) is 2.48. The van der Waals surface area contributed by atoms with Gasteiger partial charge in [0.05, 0.1) is 6.04 Å². The van der Waals surface area contributed by atoms with Crippen molar-refractivity contribution in [2.75, 3.05) is 13.1 Å². The van der Waals surface area contributed by atoms with Crippen molar-refractivity contribution in [1.82, 2.24) is 4.90 Å². The van der Waals surface area contributed by atoms with Crippen LogP contribution in [0.3, 0.4) is 0 Å². The van der Waals surface area contributed by atoms with Gasteiger partial charge < -0.3 is 0 Å². The van der Waals surface area contributed by atoms with E-state index < -0.39 is 11.6 Å². The monoisotopic (exact) mass is 281 g/mol. The maximum Gasteiger partial charge on any atom is 0.179 e. The summed E-state index contributed by atoms with van der Waals surface area (Å²) < 4.78 is 26.1. The van der Waals surface area contributed by atoms with Crippen molar-refractivity contribution in [3.05, 3.63) is 35.4 Å². The van der Waals surface area contributed by atoms with Gasteiger partial charge in [-0.3, -0.25) is 9.69 Å². The molecule has 1 saturated heterocycles. The van der Waals surface area contributed by atoms with Crippen molar-refractivity contribution in [3.63, 3.8) is 0 Å². The lowest BCUT2D eigenvalue weighted by Gasteiger charge is -2.35. The Morgan fingerprint density at radius 1 is 1.40 bits per heavy atom. The van der Waals surface area contributed by atoms with E-state index in [-0.39, 0.29) is 17.4 Å². The van der Waals surface area contributed by atoms with Crippen molar-refractivity contribution >= 4 is 5.78 Å². The Kier molecular flexibility index (Phi) is 4.86. The number of Topliss-reactive ketones (excluding diaryl/α,β-unsaturated/α-hetero) is 1. The normalized spacial score (nSPS) is 21.7. The maximum atomic E-state index is 13.2. The summed E-state index contributed by atoms with van der Waals surface area (Å²) in [4.78, 5) is 14.5. The van der Waals surface area contributed by atoms with Crippen LogP contribution in [-0.2, 0) is 0 Å². The highest BCUT2D eigenvalue weighted by atomic mass is 19.2. The molecule has 2 unspecified atom stereocenters. The van der Waals surface area contributed by atoms with E-state index in [1.54, 1.807) is 0 Å². The molecule has 1 aromatic rings. The van der Waals surface area contributed by atoms with E-state index in [1.165, 1.54) is 12.5 Å². The van der Waals surface area contributed by atoms with Crippen LogP contribution in [0.2, 0.25) is 0 Å². The molecule has 2 nitrogen and oxygen atoms in total. The van der Waals surface area contributed by atoms with E-state index in [9.17, 15) is 13.6 Å². The Hall–Kier alpha value is -1.29. The molecule has 1 aliphatic rings. The number of hydrogen-bond donors (Lipinski definition) is 0. The Morgan fingerprint density at radius 2 is 2.15 bits per heavy atom. The Labute approximate surface area is 118 Å². The zero-order valence-electron chi connectivity index (χ0n) is 12.0. The molecule has 0 saturated carbocycles. The van der Waals surface area contributed by atoms with E-state index in [0.717, 1.165) is 38.1 Å². The number of piperidine rings is 1. The van der Waals surface area contributed by atoms with Gasteiger partial charge in [-0.15, -0.1) is 0 Å². The van der Waals surface area contributed by atoms with Gasteiger partial charge in [0.25, 0.3) is 0 Å². The molecule has 0 aliphatic carbocycles. The molecule has 0 spiro atoms. The minimum Gasteiger partial charge on any atom is -0.293 e. The van der Waals surface area contributed by atoms with Crippen LogP contribution in [0.25, 0.3) is 0 Å². The molecule has 1 aromatic carbocycles. The largest absolute Gasteiger partial charge is 0.293 e. The van der Waals surface area contributed by atoms with Gasteiger partial charge in [0, 0.05) is 12.1 Å². The number of hydrogen-bond acceptors (Lipinski definition) is 2. The number of nitrogens with zero attached hydrogens (tertiary/aromatic N) is 1. The van der Waals surface area contributed by atoms with E-state index in [1.807, 2.05) is 6.92 Å². The van der Waals surface area contributed by atoms with Crippen molar-refractivity contribution in [3.8, 4) is 0 Å². The fraction of sp³-hybridized carbons (Fsp3) is 0.562. The van der Waals surface area contributed by atoms with Crippen molar-refractivity contribution < 1.29 is 13.6 Å². The molecule has 2 rings (SSSR count). The molecular weight excluding hydrogens is 260 g/mol. The molecule has 0 aromatic heterocycles. The van der Waals surface area contributed by atoms with Crippen LogP contribution in [0.15, 0.2) is 18.2 Å². The molecule has 0 bridgehead atoms. The number of ketones is 1. The van der Waals surface area contributed by atoms with Gasteiger partial charge in [0.1, 0.15) is 0 Å². The van der Waals surface area contributed by atoms with Crippen LogP contribution in [0.5, 0.6) is 0 Å². The standard InChI is InChI=1S/C16H21F2NO/c1-3-12-5-4-8-19(10-12)11(2)16(20)13-6-7-14(17)15(18)9-13/h6-7,9,11-12H,3-5,8,10H2,1-2H3. The molecule has 0 amide bonds.